The summed E-state index contributed by atoms with van der Waals surface area (Å²) in [5, 5.41) is 34.7. The summed E-state index contributed by atoms with van der Waals surface area (Å²) < 4.78 is 0. The molecule has 2 amide bonds. The van der Waals surface area contributed by atoms with Crippen LogP contribution in [0, 0.1) is 0 Å². The lowest BCUT2D eigenvalue weighted by atomic mass is 10.1. The van der Waals surface area contributed by atoms with Crippen molar-refractivity contribution in [3.8, 4) is 0 Å². The maximum absolute atomic E-state index is 10.3. The van der Waals surface area contributed by atoms with Gasteiger partial charge in [-0.1, -0.05) is 0 Å². The van der Waals surface area contributed by atoms with Gasteiger partial charge in [-0.05, 0) is 12.8 Å². The number of hydrogen-bond donors (Lipinski definition) is 7. The number of hydrogen-bond acceptors (Lipinski definition) is 6. The van der Waals surface area contributed by atoms with E-state index in [0.717, 1.165) is 0 Å². The monoisotopic (exact) mass is 337 g/mol. The van der Waals surface area contributed by atoms with E-state index in [9.17, 15) is 24.0 Å². The van der Waals surface area contributed by atoms with Gasteiger partial charge in [0.05, 0.1) is 0 Å². The van der Waals surface area contributed by atoms with Crippen LogP contribution < -0.4 is 16.8 Å². The van der Waals surface area contributed by atoms with E-state index < -0.39 is 48.4 Å². The number of nitrogens with two attached hydrogens (primary N) is 2. The van der Waals surface area contributed by atoms with Gasteiger partial charge in [0.25, 0.3) is 0 Å². The molecule has 0 rings (SSSR count). The average Bonchev–Trinajstić information content (AvgIpc) is 2.40. The number of aliphatic carboxylic acids is 3. The molecule has 12 heteroatoms. The molecule has 12 nitrogen and oxygen atoms in total. The molecule has 0 aromatic carbocycles. The highest BCUT2D eigenvalue weighted by atomic mass is 16.4. The molecule has 0 radical (unpaired) electrons. The third-order valence-electron chi connectivity index (χ3n) is 2.26. The van der Waals surface area contributed by atoms with Crippen molar-refractivity contribution < 1.29 is 44.4 Å². The molecule has 0 saturated heterocycles. The SMILES string of the molecule is NC(=O)CC[C@H](N)C(=O)O.O=C(O)CC[C@H](NC(=O)O)C(=O)O. The zero-order valence-corrected chi connectivity index (χ0v) is 12.0. The second-order valence-corrected chi connectivity index (χ2v) is 4.22. The minimum absolute atomic E-state index is 0.0213. The first-order valence-corrected chi connectivity index (χ1v) is 6.18. The third kappa shape index (κ3) is 15.3. The van der Waals surface area contributed by atoms with Crippen molar-refractivity contribution in [3.63, 3.8) is 0 Å². The van der Waals surface area contributed by atoms with Gasteiger partial charge in [0.2, 0.25) is 5.91 Å². The van der Waals surface area contributed by atoms with Crippen LogP contribution in [0.2, 0.25) is 0 Å². The van der Waals surface area contributed by atoms with Crippen LogP contribution in [0.1, 0.15) is 25.7 Å². The topological polar surface area (TPSA) is 230 Å². The molecule has 0 spiro atoms. The number of rotatable bonds is 9. The first-order chi connectivity index (χ1) is 10.5. The molecule has 0 fully saturated rings. The van der Waals surface area contributed by atoms with Crippen LogP contribution in [0.25, 0.3) is 0 Å². The van der Waals surface area contributed by atoms with E-state index in [1.54, 1.807) is 5.32 Å². The summed E-state index contributed by atoms with van der Waals surface area (Å²) in [6, 6.07) is -2.35. The van der Waals surface area contributed by atoms with Gasteiger partial charge in [-0.3, -0.25) is 14.4 Å². The maximum atomic E-state index is 10.3. The van der Waals surface area contributed by atoms with E-state index in [1.165, 1.54) is 0 Å². The Balaban J connectivity index is 0. The first-order valence-electron chi connectivity index (χ1n) is 6.18. The number of amides is 2. The number of carbonyl (C=O) groups excluding carboxylic acids is 1. The van der Waals surface area contributed by atoms with Crippen molar-refractivity contribution in [2.75, 3.05) is 0 Å². The van der Waals surface area contributed by atoms with Gasteiger partial charge >= 0.3 is 24.0 Å². The van der Waals surface area contributed by atoms with E-state index in [0.29, 0.717) is 0 Å². The smallest absolute Gasteiger partial charge is 0.405 e. The minimum Gasteiger partial charge on any atom is -0.481 e. The normalized spacial score (nSPS) is 12.0. The van der Waals surface area contributed by atoms with Crippen LogP contribution in [0.15, 0.2) is 0 Å². The summed E-state index contributed by atoms with van der Waals surface area (Å²) in [6.45, 7) is 0. The van der Waals surface area contributed by atoms with Crippen LogP contribution in [0.5, 0.6) is 0 Å². The highest BCUT2D eigenvalue weighted by Crippen LogP contribution is 1.97. The highest BCUT2D eigenvalue weighted by Gasteiger charge is 2.20. The van der Waals surface area contributed by atoms with Gasteiger partial charge in [0, 0.05) is 12.8 Å². The van der Waals surface area contributed by atoms with E-state index in [4.69, 9.17) is 31.9 Å². The summed E-state index contributed by atoms with van der Waals surface area (Å²) in [4.78, 5) is 50.5. The van der Waals surface area contributed by atoms with Crippen molar-refractivity contribution in [2.24, 2.45) is 11.5 Å². The third-order valence-corrected chi connectivity index (χ3v) is 2.26. The van der Waals surface area contributed by atoms with Crippen molar-refractivity contribution in [1.29, 1.82) is 0 Å². The maximum Gasteiger partial charge on any atom is 0.405 e. The molecule has 0 aromatic heterocycles. The van der Waals surface area contributed by atoms with Crippen molar-refractivity contribution in [3.05, 3.63) is 0 Å². The molecule has 0 aliphatic carbocycles. The quantitative estimate of drug-likeness (QED) is 0.250. The predicted molar refractivity (Wildman–Crippen MR) is 73.5 cm³/mol. The van der Waals surface area contributed by atoms with Gasteiger partial charge < -0.3 is 37.2 Å². The van der Waals surface area contributed by atoms with Gasteiger partial charge in [-0.15, -0.1) is 0 Å². The Bertz CT molecular complexity index is 452. The Morgan fingerprint density at radius 3 is 1.70 bits per heavy atom. The molecule has 0 saturated carbocycles. The van der Waals surface area contributed by atoms with Gasteiger partial charge in [-0.25, -0.2) is 9.59 Å². The molecule has 0 aliphatic rings. The van der Waals surface area contributed by atoms with Gasteiger partial charge in [0.1, 0.15) is 12.1 Å². The van der Waals surface area contributed by atoms with E-state index in [-0.39, 0.29) is 19.3 Å². The van der Waals surface area contributed by atoms with Gasteiger partial charge in [0.15, 0.2) is 0 Å². The fourth-order valence-electron chi connectivity index (χ4n) is 1.10. The fraction of sp³-hybridized carbons (Fsp3) is 0.545. The molecular weight excluding hydrogens is 318 g/mol. The molecule has 0 aliphatic heterocycles. The summed E-state index contributed by atoms with van der Waals surface area (Å²) in [6.07, 6.45) is -2.02. The molecule has 9 N–H and O–H groups in total. The molecule has 0 unspecified atom stereocenters. The number of carboxylic acids is 3. The summed E-state index contributed by atoms with van der Waals surface area (Å²) in [5.74, 6) is -4.19. The molecular formula is C11H19N3O9. The highest BCUT2D eigenvalue weighted by molar-refractivity contribution is 5.80. The van der Waals surface area contributed by atoms with E-state index >= 15 is 0 Å². The molecule has 0 bridgehead atoms. The zero-order chi connectivity index (χ0) is 18.6. The van der Waals surface area contributed by atoms with Gasteiger partial charge in [-0.2, -0.15) is 0 Å². The summed E-state index contributed by atoms with van der Waals surface area (Å²) in [5.41, 5.74) is 9.81. The van der Waals surface area contributed by atoms with Crippen LogP contribution in [-0.4, -0.2) is 62.4 Å². The Kier molecular flexibility index (Phi) is 11.4. The first kappa shape index (κ1) is 22.4. The van der Waals surface area contributed by atoms with E-state index in [1.807, 2.05) is 0 Å². The largest absolute Gasteiger partial charge is 0.481 e. The molecule has 0 heterocycles. The zero-order valence-electron chi connectivity index (χ0n) is 12.0. The molecule has 132 valence electrons. The molecule has 23 heavy (non-hydrogen) atoms. The number of nitrogens with one attached hydrogen (secondary N) is 1. The van der Waals surface area contributed by atoms with Crippen molar-refractivity contribution in [2.45, 2.75) is 37.8 Å². The average molecular weight is 337 g/mol. The second-order valence-electron chi connectivity index (χ2n) is 4.22. The van der Waals surface area contributed by atoms with Crippen molar-refractivity contribution in [1.82, 2.24) is 5.32 Å². The lowest BCUT2D eigenvalue weighted by Crippen LogP contribution is -2.40. The Labute approximate surface area is 130 Å². The Morgan fingerprint density at radius 2 is 1.39 bits per heavy atom. The van der Waals surface area contributed by atoms with Crippen LogP contribution in [0.3, 0.4) is 0 Å². The van der Waals surface area contributed by atoms with Crippen LogP contribution >= 0.6 is 0 Å². The fourth-order valence-corrected chi connectivity index (χ4v) is 1.10. The van der Waals surface area contributed by atoms with Crippen LogP contribution in [0.4, 0.5) is 4.79 Å². The standard InChI is InChI=1S/C6H9NO6.C5H10N2O3/c8-4(9)2-1-3(5(10)11)7-6(12)13;6-3(5(9)10)1-2-4(7)8/h3,7H,1-2H2,(H,8,9)(H,10,11)(H,12,13);3H,1-2,6H2,(H2,7,8)(H,9,10)/t2*3-/m00/s1. The summed E-state index contributed by atoms with van der Waals surface area (Å²) in [7, 11) is 0. The summed E-state index contributed by atoms with van der Waals surface area (Å²) >= 11 is 0. The predicted octanol–water partition coefficient (Wildman–Crippen LogP) is -1.76. The number of carbonyl (C=O) groups is 5. The lowest BCUT2D eigenvalue weighted by molar-refractivity contribution is -0.141. The van der Waals surface area contributed by atoms with Crippen LogP contribution in [-0.2, 0) is 19.2 Å². The minimum atomic E-state index is -1.49. The second kappa shape index (κ2) is 11.7. The number of carboxylic acid groups (broad SMARTS) is 4. The number of primary amides is 1. The molecule has 2 atom stereocenters. The molecule has 0 aromatic rings. The van der Waals surface area contributed by atoms with Crippen molar-refractivity contribution >= 4 is 29.9 Å². The lowest BCUT2D eigenvalue weighted by Gasteiger charge is -2.09. The Hall–Kier alpha value is -2.89. The Morgan fingerprint density at radius 1 is 0.870 bits per heavy atom. The van der Waals surface area contributed by atoms with E-state index in [2.05, 4.69) is 0 Å².